The van der Waals surface area contributed by atoms with Crippen LogP contribution in [0.25, 0.3) is 28.2 Å². The van der Waals surface area contributed by atoms with Crippen molar-refractivity contribution in [3.8, 4) is 5.69 Å². The molecule has 5 rings (SSSR count). The second-order valence-electron chi connectivity index (χ2n) is 8.00. The number of carbonyl (C=O) groups excluding carboxylic acids is 1. The first-order valence-electron chi connectivity index (χ1n) is 10.8. The molecule has 0 bridgehead atoms. The van der Waals surface area contributed by atoms with Gasteiger partial charge in [-0.3, -0.25) is 14.2 Å². The Morgan fingerprint density at radius 3 is 2.47 bits per heavy atom. The van der Waals surface area contributed by atoms with Gasteiger partial charge in [0, 0.05) is 12.1 Å². The van der Waals surface area contributed by atoms with Gasteiger partial charge in [0.2, 0.25) is 0 Å². The molecule has 0 aliphatic carbocycles. The van der Waals surface area contributed by atoms with Gasteiger partial charge in [-0.15, -0.1) is 0 Å². The van der Waals surface area contributed by atoms with Gasteiger partial charge in [0.25, 0.3) is 11.5 Å². The van der Waals surface area contributed by atoms with Gasteiger partial charge in [-0.05, 0) is 55.8 Å². The van der Waals surface area contributed by atoms with Crippen molar-refractivity contribution in [2.75, 3.05) is 11.4 Å². The summed E-state index contributed by atoms with van der Waals surface area (Å²) in [7, 11) is 0. The molecule has 0 radical (unpaired) electrons. The predicted molar refractivity (Wildman–Crippen MR) is 129 cm³/mol. The van der Waals surface area contributed by atoms with E-state index in [9.17, 15) is 9.59 Å². The van der Waals surface area contributed by atoms with Crippen LogP contribution in [0.3, 0.4) is 0 Å². The van der Waals surface area contributed by atoms with E-state index in [1.165, 1.54) is 0 Å². The summed E-state index contributed by atoms with van der Waals surface area (Å²) < 4.78 is 1.58. The zero-order chi connectivity index (χ0) is 22.2. The van der Waals surface area contributed by atoms with Crippen molar-refractivity contribution in [3.63, 3.8) is 0 Å². The molecule has 5 heteroatoms. The highest BCUT2D eigenvalue weighted by atomic mass is 16.2. The van der Waals surface area contributed by atoms with Crippen LogP contribution in [0.2, 0.25) is 0 Å². The van der Waals surface area contributed by atoms with Gasteiger partial charge in [-0.25, -0.2) is 4.98 Å². The first-order valence-corrected chi connectivity index (χ1v) is 10.8. The summed E-state index contributed by atoms with van der Waals surface area (Å²) in [5.41, 5.74) is 4.58. The molecule has 158 valence electrons. The third-order valence-corrected chi connectivity index (χ3v) is 5.75. The number of para-hydroxylation sites is 2. The minimum Gasteiger partial charge on any atom is -0.308 e. The van der Waals surface area contributed by atoms with Crippen molar-refractivity contribution in [1.82, 2.24) is 9.55 Å². The quantitative estimate of drug-likeness (QED) is 0.436. The van der Waals surface area contributed by atoms with E-state index in [-0.39, 0.29) is 11.5 Å². The molecule has 0 saturated carbocycles. The van der Waals surface area contributed by atoms with Gasteiger partial charge >= 0.3 is 0 Å². The first kappa shape index (κ1) is 19.9. The lowest BCUT2D eigenvalue weighted by atomic mass is 10.0. The Hall–Kier alpha value is -3.99. The maximum absolute atomic E-state index is 13.5. The van der Waals surface area contributed by atoms with Gasteiger partial charge in [-0.2, -0.15) is 0 Å². The topological polar surface area (TPSA) is 55.2 Å². The van der Waals surface area contributed by atoms with E-state index in [4.69, 9.17) is 4.98 Å². The van der Waals surface area contributed by atoms with Gasteiger partial charge in [0.05, 0.1) is 27.9 Å². The molecule has 5 nitrogen and oxygen atoms in total. The molecule has 1 aromatic heterocycles. The molecule has 2 heterocycles. The Morgan fingerprint density at radius 1 is 0.938 bits per heavy atom. The van der Waals surface area contributed by atoms with Gasteiger partial charge in [0.1, 0.15) is 5.82 Å². The van der Waals surface area contributed by atoms with Gasteiger partial charge in [0.15, 0.2) is 0 Å². The number of anilines is 1. The minimum absolute atomic E-state index is 0.0607. The van der Waals surface area contributed by atoms with Crippen molar-refractivity contribution >= 4 is 34.1 Å². The number of carbonyl (C=O) groups is 1. The van der Waals surface area contributed by atoms with Crippen LogP contribution in [0.5, 0.6) is 0 Å². The third kappa shape index (κ3) is 3.23. The van der Waals surface area contributed by atoms with E-state index >= 15 is 0 Å². The van der Waals surface area contributed by atoms with E-state index in [1.54, 1.807) is 16.7 Å². The second kappa shape index (κ2) is 7.93. The summed E-state index contributed by atoms with van der Waals surface area (Å²) in [5, 5.41) is 0.542. The monoisotopic (exact) mass is 421 g/mol. The molecule has 32 heavy (non-hydrogen) atoms. The largest absolute Gasteiger partial charge is 0.308 e. The standard InChI is InChI=1S/C27H23N3O2/c1-3-15-29-24-14-13-18(2)16-21(24)22(26(29)31)17-25-28-23-12-8-7-11-20(23)27(32)30(25)19-9-5-4-6-10-19/h4-14,16-17H,3,15H2,1-2H3/b22-17+. The lowest BCUT2D eigenvalue weighted by molar-refractivity contribution is -0.113. The highest BCUT2D eigenvalue weighted by Gasteiger charge is 2.32. The molecule has 0 atom stereocenters. The van der Waals surface area contributed by atoms with E-state index < -0.39 is 0 Å². The van der Waals surface area contributed by atoms with Crippen molar-refractivity contribution in [2.45, 2.75) is 20.3 Å². The lowest BCUT2D eigenvalue weighted by Crippen LogP contribution is -2.27. The molecule has 0 unspecified atom stereocenters. The molecule has 0 N–H and O–H groups in total. The fraction of sp³-hybridized carbons (Fsp3) is 0.148. The van der Waals surface area contributed by atoms with Crippen LogP contribution in [0.4, 0.5) is 5.69 Å². The number of hydrogen-bond acceptors (Lipinski definition) is 3. The molecular weight excluding hydrogens is 398 g/mol. The number of aryl methyl sites for hydroxylation is 1. The molecule has 0 spiro atoms. The fourth-order valence-electron chi connectivity index (χ4n) is 4.26. The lowest BCUT2D eigenvalue weighted by Gasteiger charge is -2.15. The van der Waals surface area contributed by atoms with Crippen molar-refractivity contribution in [3.05, 3.63) is 100 Å². The third-order valence-electron chi connectivity index (χ3n) is 5.75. The number of hydrogen-bond donors (Lipinski definition) is 0. The zero-order valence-electron chi connectivity index (χ0n) is 18.1. The Kier molecular flexibility index (Phi) is 4.94. The maximum atomic E-state index is 13.5. The van der Waals surface area contributed by atoms with Gasteiger partial charge in [-0.1, -0.05) is 48.9 Å². The number of rotatable bonds is 4. The van der Waals surface area contributed by atoms with Gasteiger partial charge < -0.3 is 4.90 Å². The Balaban J connectivity index is 1.80. The summed E-state index contributed by atoms with van der Waals surface area (Å²) in [4.78, 5) is 33.5. The number of aromatic nitrogens is 2. The Morgan fingerprint density at radius 2 is 1.69 bits per heavy atom. The van der Waals surface area contributed by atoms with Crippen LogP contribution in [-0.4, -0.2) is 22.0 Å². The van der Waals surface area contributed by atoms with Crippen molar-refractivity contribution < 1.29 is 4.79 Å². The molecule has 4 aromatic rings. The zero-order valence-corrected chi connectivity index (χ0v) is 18.1. The Labute approximate surface area is 186 Å². The summed E-state index contributed by atoms with van der Waals surface area (Å²) >= 11 is 0. The average molecular weight is 422 g/mol. The molecule has 3 aromatic carbocycles. The molecule has 1 aliphatic heterocycles. The SMILES string of the molecule is CCCN1C(=O)/C(=C/c2nc3ccccc3c(=O)n2-c2ccccc2)c2cc(C)ccc21. The van der Waals surface area contributed by atoms with E-state index in [0.717, 1.165) is 23.2 Å². The fourth-order valence-corrected chi connectivity index (χ4v) is 4.26. The number of fused-ring (bicyclic) bond motifs is 2. The minimum atomic E-state index is -0.158. The average Bonchev–Trinajstić information content (AvgIpc) is 3.05. The normalized spacial score (nSPS) is 14.4. The summed E-state index contributed by atoms with van der Waals surface area (Å²) in [5.74, 6) is 0.378. The molecule has 1 aliphatic rings. The summed E-state index contributed by atoms with van der Waals surface area (Å²) in [6, 6.07) is 22.8. The second-order valence-corrected chi connectivity index (χ2v) is 8.00. The van der Waals surface area contributed by atoms with E-state index in [0.29, 0.717) is 34.5 Å². The van der Waals surface area contributed by atoms with Crippen LogP contribution in [0, 0.1) is 6.92 Å². The first-order chi connectivity index (χ1) is 15.6. The number of nitrogens with zero attached hydrogens (tertiary/aromatic N) is 3. The van der Waals surface area contributed by atoms with Crippen LogP contribution in [0.1, 0.15) is 30.3 Å². The highest BCUT2D eigenvalue weighted by Crippen LogP contribution is 2.38. The molecule has 1 amide bonds. The van der Waals surface area contributed by atoms with Crippen LogP contribution < -0.4 is 10.5 Å². The van der Waals surface area contributed by atoms with Crippen LogP contribution in [0.15, 0.2) is 77.6 Å². The van der Waals surface area contributed by atoms with Crippen LogP contribution >= 0.6 is 0 Å². The van der Waals surface area contributed by atoms with E-state index in [1.807, 2.05) is 78.6 Å². The molecular formula is C27H23N3O2. The summed E-state index contributed by atoms with van der Waals surface area (Å²) in [6.45, 7) is 4.71. The van der Waals surface area contributed by atoms with Crippen molar-refractivity contribution in [2.24, 2.45) is 0 Å². The smallest absolute Gasteiger partial charge is 0.266 e. The molecule has 0 fully saturated rings. The van der Waals surface area contributed by atoms with E-state index in [2.05, 4.69) is 6.92 Å². The predicted octanol–water partition coefficient (Wildman–Crippen LogP) is 4.99. The summed E-state index contributed by atoms with van der Waals surface area (Å²) in [6.07, 6.45) is 2.62. The van der Waals surface area contributed by atoms with Crippen LogP contribution in [-0.2, 0) is 4.79 Å². The number of benzene rings is 3. The van der Waals surface area contributed by atoms with Crippen molar-refractivity contribution in [1.29, 1.82) is 0 Å². The highest BCUT2D eigenvalue weighted by molar-refractivity contribution is 6.35. The number of amides is 1. The molecule has 0 saturated heterocycles. The maximum Gasteiger partial charge on any atom is 0.266 e. The Bertz CT molecular complexity index is 1430.